The van der Waals surface area contributed by atoms with Gasteiger partial charge in [0.05, 0.1) is 11.5 Å². The highest BCUT2D eigenvalue weighted by atomic mass is 35.5. The van der Waals surface area contributed by atoms with Crippen LogP contribution in [0.4, 0.5) is 0 Å². The Labute approximate surface area is 116 Å². The van der Waals surface area contributed by atoms with Gasteiger partial charge in [-0.05, 0) is 37.4 Å². The highest BCUT2D eigenvalue weighted by molar-refractivity contribution is 7.18. The number of aromatic nitrogens is 2. The van der Waals surface area contributed by atoms with Crippen molar-refractivity contribution in [2.75, 3.05) is 0 Å². The molecule has 0 saturated carbocycles. The molecule has 0 N–H and O–H groups in total. The third-order valence-electron chi connectivity index (χ3n) is 2.74. The molecule has 98 valence electrons. The molecule has 3 nitrogen and oxygen atoms in total. The van der Waals surface area contributed by atoms with E-state index in [-0.39, 0.29) is 11.4 Å². The van der Waals surface area contributed by atoms with Crippen molar-refractivity contribution in [2.45, 2.75) is 46.1 Å². The van der Waals surface area contributed by atoms with Crippen molar-refractivity contribution in [3.63, 3.8) is 0 Å². The fraction of sp³-hybridized carbons (Fsp3) is 0.538. The molecule has 2 aromatic heterocycles. The number of ether oxygens (including phenoxy) is 1. The molecule has 0 amide bonds. The Morgan fingerprint density at radius 3 is 2.83 bits per heavy atom. The van der Waals surface area contributed by atoms with E-state index in [0.717, 1.165) is 29.5 Å². The summed E-state index contributed by atoms with van der Waals surface area (Å²) in [4.78, 5) is 10.6. The summed E-state index contributed by atoms with van der Waals surface area (Å²) in [5.74, 6) is 0.613. The first-order valence-electron chi connectivity index (χ1n) is 6.26. The summed E-state index contributed by atoms with van der Waals surface area (Å²) >= 11 is 7.59. The number of thiophene rings is 1. The van der Waals surface area contributed by atoms with E-state index >= 15 is 0 Å². The van der Waals surface area contributed by atoms with Gasteiger partial charge in [0.2, 0.25) is 11.2 Å². The van der Waals surface area contributed by atoms with Crippen LogP contribution in [0, 0.1) is 0 Å². The van der Waals surface area contributed by atoms with Crippen molar-refractivity contribution < 1.29 is 4.74 Å². The second-order valence-electron chi connectivity index (χ2n) is 4.30. The van der Waals surface area contributed by atoms with Gasteiger partial charge in [0.15, 0.2) is 0 Å². The Kier molecular flexibility index (Phi) is 4.40. The standard InChI is InChI=1S/C13H17ClN2OS/c1-4-6-8(3)17-11-10-7-9(5-2)18-12(10)16-13(14)15-11/h7-8H,4-6H2,1-3H3. The quantitative estimate of drug-likeness (QED) is 0.760. The third-order valence-corrected chi connectivity index (χ3v) is 4.08. The van der Waals surface area contributed by atoms with Crippen LogP contribution >= 0.6 is 22.9 Å². The predicted octanol–water partition coefficient (Wildman–Crippen LogP) is 4.47. The second-order valence-corrected chi connectivity index (χ2v) is 5.75. The molecule has 5 heteroatoms. The first kappa shape index (κ1) is 13.6. The zero-order valence-electron chi connectivity index (χ0n) is 10.9. The van der Waals surface area contributed by atoms with E-state index in [9.17, 15) is 0 Å². The number of nitrogens with zero attached hydrogens (tertiary/aromatic N) is 2. The van der Waals surface area contributed by atoms with Crippen molar-refractivity contribution in [3.8, 4) is 5.88 Å². The second kappa shape index (κ2) is 5.85. The van der Waals surface area contributed by atoms with Gasteiger partial charge in [0, 0.05) is 4.88 Å². The maximum Gasteiger partial charge on any atom is 0.227 e. The minimum absolute atomic E-state index is 0.147. The third kappa shape index (κ3) is 2.93. The Bertz CT molecular complexity index is 541. The minimum atomic E-state index is 0.147. The zero-order chi connectivity index (χ0) is 13.1. The largest absolute Gasteiger partial charge is 0.474 e. The van der Waals surface area contributed by atoms with E-state index in [1.165, 1.54) is 4.88 Å². The number of fused-ring (bicyclic) bond motifs is 1. The Morgan fingerprint density at radius 1 is 1.39 bits per heavy atom. The molecule has 0 saturated heterocycles. The van der Waals surface area contributed by atoms with Gasteiger partial charge in [-0.2, -0.15) is 4.98 Å². The van der Waals surface area contributed by atoms with Gasteiger partial charge >= 0.3 is 0 Å². The lowest BCUT2D eigenvalue weighted by Gasteiger charge is -2.13. The van der Waals surface area contributed by atoms with Crippen molar-refractivity contribution >= 4 is 33.2 Å². The van der Waals surface area contributed by atoms with Gasteiger partial charge in [0.25, 0.3) is 0 Å². The number of aryl methyl sites for hydroxylation is 1. The summed E-state index contributed by atoms with van der Waals surface area (Å²) in [5, 5.41) is 1.23. The number of hydrogen-bond donors (Lipinski definition) is 0. The molecule has 1 atom stereocenters. The molecule has 18 heavy (non-hydrogen) atoms. The van der Waals surface area contributed by atoms with Crippen molar-refractivity contribution in [2.24, 2.45) is 0 Å². The maximum atomic E-state index is 5.94. The molecule has 0 aliphatic heterocycles. The molecule has 1 unspecified atom stereocenters. The molecule has 0 bridgehead atoms. The van der Waals surface area contributed by atoms with Crippen LogP contribution in [-0.2, 0) is 6.42 Å². The molecule has 0 fully saturated rings. The molecular formula is C13H17ClN2OS. The van der Waals surface area contributed by atoms with Gasteiger partial charge in [0.1, 0.15) is 4.83 Å². The van der Waals surface area contributed by atoms with Gasteiger partial charge in [-0.15, -0.1) is 11.3 Å². The average Bonchev–Trinajstić information content (AvgIpc) is 2.72. The van der Waals surface area contributed by atoms with Crippen LogP contribution in [-0.4, -0.2) is 16.1 Å². The van der Waals surface area contributed by atoms with Crippen molar-refractivity contribution in [3.05, 3.63) is 16.2 Å². The van der Waals surface area contributed by atoms with Crippen LogP contribution in [0.3, 0.4) is 0 Å². The Balaban J connectivity index is 2.38. The van der Waals surface area contributed by atoms with E-state index < -0.39 is 0 Å². The zero-order valence-corrected chi connectivity index (χ0v) is 12.4. The maximum absolute atomic E-state index is 5.94. The van der Waals surface area contributed by atoms with Crippen molar-refractivity contribution in [1.82, 2.24) is 9.97 Å². The molecule has 0 radical (unpaired) electrons. The molecule has 2 aromatic rings. The monoisotopic (exact) mass is 284 g/mol. The molecule has 0 spiro atoms. The van der Waals surface area contributed by atoms with Gasteiger partial charge in [-0.25, -0.2) is 4.98 Å². The molecule has 0 aliphatic carbocycles. The Hall–Kier alpha value is -0.870. The first-order chi connectivity index (χ1) is 8.63. The topological polar surface area (TPSA) is 35.0 Å². The molecule has 2 rings (SSSR count). The summed E-state index contributed by atoms with van der Waals surface area (Å²) in [6.45, 7) is 6.32. The average molecular weight is 285 g/mol. The minimum Gasteiger partial charge on any atom is -0.474 e. The van der Waals surface area contributed by atoms with E-state index in [1.807, 2.05) is 0 Å². The summed E-state index contributed by atoms with van der Waals surface area (Å²) < 4.78 is 5.88. The lowest BCUT2D eigenvalue weighted by Crippen LogP contribution is -2.12. The van der Waals surface area contributed by atoms with Crippen LogP contribution in [0.2, 0.25) is 5.28 Å². The summed E-state index contributed by atoms with van der Waals surface area (Å²) in [7, 11) is 0. The molecule has 0 aliphatic rings. The lowest BCUT2D eigenvalue weighted by molar-refractivity contribution is 0.204. The summed E-state index contributed by atoms with van der Waals surface area (Å²) in [5.41, 5.74) is 0. The van der Waals surface area contributed by atoms with Gasteiger partial charge < -0.3 is 4.74 Å². The highest BCUT2D eigenvalue weighted by Gasteiger charge is 2.13. The van der Waals surface area contributed by atoms with Crippen LogP contribution in [0.25, 0.3) is 10.2 Å². The van der Waals surface area contributed by atoms with E-state index in [2.05, 4.69) is 36.8 Å². The van der Waals surface area contributed by atoms with Crippen LogP contribution in [0.1, 0.15) is 38.5 Å². The Morgan fingerprint density at radius 2 is 2.17 bits per heavy atom. The number of halogens is 1. The van der Waals surface area contributed by atoms with E-state index in [1.54, 1.807) is 11.3 Å². The van der Waals surface area contributed by atoms with Crippen molar-refractivity contribution in [1.29, 1.82) is 0 Å². The normalized spacial score (nSPS) is 12.9. The number of hydrogen-bond acceptors (Lipinski definition) is 4. The van der Waals surface area contributed by atoms with Crippen LogP contribution in [0.15, 0.2) is 6.07 Å². The van der Waals surface area contributed by atoms with Crippen LogP contribution < -0.4 is 4.74 Å². The fourth-order valence-corrected chi connectivity index (χ4v) is 3.01. The van der Waals surface area contributed by atoms with E-state index in [0.29, 0.717) is 5.88 Å². The summed E-state index contributed by atoms with van der Waals surface area (Å²) in [6, 6.07) is 2.10. The van der Waals surface area contributed by atoms with Gasteiger partial charge in [-0.3, -0.25) is 0 Å². The number of rotatable bonds is 5. The summed E-state index contributed by atoms with van der Waals surface area (Å²) in [6.07, 6.45) is 3.23. The SMILES string of the molecule is CCCC(C)Oc1nc(Cl)nc2sc(CC)cc12. The smallest absolute Gasteiger partial charge is 0.227 e. The van der Waals surface area contributed by atoms with E-state index in [4.69, 9.17) is 16.3 Å². The lowest BCUT2D eigenvalue weighted by atomic mass is 10.2. The first-order valence-corrected chi connectivity index (χ1v) is 7.46. The molecule has 0 aromatic carbocycles. The molecule has 2 heterocycles. The van der Waals surface area contributed by atoms with Gasteiger partial charge in [-0.1, -0.05) is 20.3 Å². The predicted molar refractivity (Wildman–Crippen MR) is 76.8 cm³/mol. The fourth-order valence-electron chi connectivity index (χ4n) is 1.84. The van der Waals surface area contributed by atoms with Crippen LogP contribution in [0.5, 0.6) is 5.88 Å². The highest BCUT2D eigenvalue weighted by Crippen LogP contribution is 2.32. The molecular weight excluding hydrogens is 268 g/mol.